The zero-order chi connectivity index (χ0) is 22.1. The van der Waals surface area contributed by atoms with Crippen molar-refractivity contribution in [2.45, 2.75) is 30.0 Å². The van der Waals surface area contributed by atoms with Crippen molar-refractivity contribution >= 4 is 27.5 Å². The van der Waals surface area contributed by atoms with Crippen molar-refractivity contribution in [3.05, 3.63) is 47.8 Å². The van der Waals surface area contributed by atoms with E-state index in [2.05, 4.69) is 20.8 Å². The number of aliphatic hydroxyl groups excluding tert-OH is 1. The maximum absolute atomic E-state index is 12.6. The smallest absolute Gasteiger partial charge is 0.232 e. The van der Waals surface area contributed by atoms with Crippen LogP contribution in [0.1, 0.15) is 25.3 Å². The fraction of sp³-hybridized carbons (Fsp3) is 0.350. The largest absolute Gasteiger partial charge is 0.477 e. The number of nitrogens with one attached hydrogen (secondary N) is 1. The standard InChI is InChI=1S/C20H21N5O4S2/c1-2-29-19-12-22-11-17(23-19)14-3-6-18(15(9-14)10-21)25-7-8-30-20(25,13-26)24-31(27,28)16-4-5-16/h3,6-9,11-12,16,24,26H,2,4-5,13H2,1H3. The third-order valence-corrected chi connectivity index (χ3v) is 8.09. The highest BCUT2D eigenvalue weighted by Crippen LogP contribution is 2.42. The molecule has 9 nitrogen and oxygen atoms in total. The minimum Gasteiger partial charge on any atom is -0.477 e. The first-order chi connectivity index (χ1) is 14.9. The molecule has 0 spiro atoms. The molecule has 1 atom stereocenters. The summed E-state index contributed by atoms with van der Waals surface area (Å²) in [6.45, 7) is 1.83. The van der Waals surface area contributed by atoms with E-state index in [0.29, 0.717) is 47.8 Å². The summed E-state index contributed by atoms with van der Waals surface area (Å²) in [7, 11) is -3.59. The summed E-state index contributed by atoms with van der Waals surface area (Å²) < 4.78 is 33.2. The van der Waals surface area contributed by atoms with E-state index >= 15 is 0 Å². The highest BCUT2D eigenvalue weighted by molar-refractivity contribution is 8.04. The van der Waals surface area contributed by atoms with Crippen molar-refractivity contribution in [3.63, 3.8) is 0 Å². The molecular formula is C20H21N5O4S2. The van der Waals surface area contributed by atoms with E-state index in [4.69, 9.17) is 4.74 Å². The van der Waals surface area contributed by atoms with Crippen molar-refractivity contribution in [2.24, 2.45) is 0 Å². The minimum absolute atomic E-state index is 0.303. The van der Waals surface area contributed by atoms with E-state index < -0.39 is 26.9 Å². The van der Waals surface area contributed by atoms with Gasteiger partial charge in [-0.3, -0.25) is 4.98 Å². The number of rotatable bonds is 8. The zero-order valence-corrected chi connectivity index (χ0v) is 18.4. The molecule has 0 radical (unpaired) electrons. The van der Waals surface area contributed by atoms with Crippen LogP contribution in [0.5, 0.6) is 5.88 Å². The highest BCUT2D eigenvalue weighted by Gasteiger charge is 2.47. The predicted octanol–water partition coefficient (Wildman–Crippen LogP) is 2.17. The zero-order valence-electron chi connectivity index (χ0n) is 16.7. The summed E-state index contributed by atoms with van der Waals surface area (Å²) in [6.07, 6.45) is 5.96. The Morgan fingerprint density at radius 2 is 2.23 bits per heavy atom. The van der Waals surface area contributed by atoms with Gasteiger partial charge in [0, 0.05) is 11.8 Å². The number of ether oxygens (including phenoxy) is 1. The number of nitriles is 1. The Morgan fingerprint density at radius 1 is 1.42 bits per heavy atom. The second-order valence-corrected chi connectivity index (χ2v) is 10.2. The van der Waals surface area contributed by atoms with Crippen molar-refractivity contribution in [1.29, 1.82) is 5.26 Å². The Kier molecular flexibility index (Phi) is 5.90. The van der Waals surface area contributed by atoms with Crippen molar-refractivity contribution in [1.82, 2.24) is 14.7 Å². The molecule has 1 aromatic carbocycles. The third kappa shape index (κ3) is 4.24. The van der Waals surface area contributed by atoms with E-state index in [0.717, 1.165) is 11.8 Å². The molecule has 0 saturated heterocycles. The summed E-state index contributed by atoms with van der Waals surface area (Å²) in [6, 6.07) is 7.29. The number of benzene rings is 1. The third-order valence-electron chi connectivity index (χ3n) is 4.92. The normalized spacial score (nSPS) is 20.6. The topological polar surface area (TPSA) is 128 Å². The van der Waals surface area contributed by atoms with Gasteiger partial charge < -0.3 is 14.7 Å². The molecule has 1 aliphatic carbocycles. The maximum atomic E-state index is 12.6. The molecule has 1 unspecified atom stereocenters. The van der Waals surface area contributed by atoms with Gasteiger partial charge >= 0.3 is 0 Å². The average Bonchev–Trinajstić information content (AvgIpc) is 3.56. The number of hydrogen-bond acceptors (Lipinski definition) is 9. The Hall–Kier alpha value is -2.65. The van der Waals surface area contributed by atoms with Crippen LogP contribution in [-0.2, 0) is 10.0 Å². The van der Waals surface area contributed by atoms with Crippen LogP contribution < -0.4 is 14.4 Å². The van der Waals surface area contributed by atoms with Crippen LogP contribution in [0.2, 0.25) is 0 Å². The van der Waals surface area contributed by atoms with Gasteiger partial charge in [0.25, 0.3) is 0 Å². The molecule has 4 rings (SSSR count). The summed E-state index contributed by atoms with van der Waals surface area (Å²) in [5.41, 5.74) is 1.98. The molecule has 2 aliphatic rings. The van der Waals surface area contributed by atoms with Gasteiger partial charge in [-0.2, -0.15) is 9.98 Å². The molecule has 1 aromatic heterocycles. The fourth-order valence-electron chi connectivity index (χ4n) is 3.26. The van der Waals surface area contributed by atoms with Gasteiger partial charge in [0.15, 0.2) is 4.99 Å². The van der Waals surface area contributed by atoms with Gasteiger partial charge in [-0.1, -0.05) is 17.8 Å². The molecule has 2 N–H and O–H groups in total. The molecule has 31 heavy (non-hydrogen) atoms. The number of hydrogen-bond donors (Lipinski definition) is 2. The number of anilines is 1. The summed E-state index contributed by atoms with van der Waals surface area (Å²) in [4.78, 5) is 8.77. The number of aliphatic hydroxyl groups is 1. The van der Waals surface area contributed by atoms with Gasteiger partial charge in [0.05, 0.1) is 47.8 Å². The first kappa shape index (κ1) is 21.6. The monoisotopic (exact) mass is 459 g/mol. The second kappa shape index (κ2) is 8.47. The fourth-order valence-corrected chi connectivity index (χ4v) is 6.09. The Balaban J connectivity index is 1.69. The first-order valence-corrected chi connectivity index (χ1v) is 12.1. The first-order valence-electron chi connectivity index (χ1n) is 9.69. The molecule has 162 valence electrons. The van der Waals surface area contributed by atoms with Crippen LogP contribution in [0, 0.1) is 11.3 Å². The minimum atomic E-state index is -3.59. The van der Waals surface area contributed by atoms with Crippen molar-refractivity contribution in [3.8, 4) is 23.2 Å². The number of sulfonamides is 1. The van der Waals surface area contributed by atoms with Gasteiger partial charge in [0.2, 0.25) is 15.9 Å². The lowest BCUT2D eigenvalue weighted by atomic mass is 10.1. The molecule has 0 amide bonds. The lowest BCUT2D eigenvalue weighted by Gasteiger charge is -2.37. The van der Waals surface area contributed by atoms with Gasteiger partial charge in [0.1, 0.15) is 6.07 Å². The number of aromatic nitrogens is 2. The Bertz CT molecular complexity index is 1160. The van der Waals surface area contributed by atoms with E-state index in [9.17, 15) is 18.8 Å². The van der Waals surface area contributed by atoms with Crippen LogP contribution in [0.3, 0.4) is 0 Å². The second-order valence-electron chi connectivity index (χ2n) is 7.08. The molecular weight excluding hydrogens is 438 g/mol. The van der Waals surface area contributed by atoms with Gasteiger partial charge in [-0.05, 0) is 37.3 Å². The van der Waals surface area contributed by atoms with Crippen LogP contribution in [0.15, 0.2) is 42.2 Å². The Morgan fingerprint density at radius 3 is 2.90 bits per heavy atom. The molecule has 1 aliphatic heterocycles. The number of nitrogens with zero attached hydrogens (tertiary/aromatic N) is 4. The van der Waals surface area contributed by atoms with Crippen LogP contribution >= 0.6 is 11.8 Å². The van der Waals surface area contributed by atoms with E-state index in [1.807, 2.05) is 6.92 Å². The van der Waals surface area contributed by atoms with Crippen LogP contribution in [0.25, 0.3) is 11.3 Å². The van der Waals surface area contributed by atoms with Gasteiger partial charge in [-0.25, -0.2) is 13.4 Å². The highest BCUT2D eigenvalue weighted by atomic mass is 32.2. The SMILES string of the molecule is CCOc1cncc(-c2ccc(N3C=CSC3(CO)NS(=O)(=O)C3CC3)c(C#N)c2)n1. The maximum Gasteiger partial charge on any atom is 0.232 e. The predicted molar refractivity (Wildman–Crippen MR) is 117 cm³/mol. The molecule has 2 heterocycles. The van der Waals surface area contributed by atoms with E-state index in [-0.39, 0.29) is 0 Å². The van der Waals surface area contributed by atoms with E-state index in [1.165, 1.54) is 6.20 Å². The van der Waals surface area contributed by atoms with Gasteiger partial charge in [-0.15, -0.1) is 0 Å². The van der Waals surface area contributed by atoms with E-state index in [1.54, 1.807) is 40.9 Å². The van der Waals surface area contributed by atoms with Crippen molar-refractivity contribution < 1.29 is 18.3 Å². The Labute approximate surface area is 184 Å². The lowest BCUT2D eigenvalue weighted by Crippen LogP contribution is -2.58. The van der Waals surface area contributed by atoms with Crippen LogP contribution in [-0.4, -0.2) is 47.0 Å². The quantitative estimate of drug-likeness (QED) is 0.610. The van der Waals surface area contributed by atoms with Crippen LogP contribution in [0.4, 0.5) is 5.69 Å². The lowest BCUT2D eigenvalue weighted by molar-refractivity contribution is 0.243. The summed E-state index contributed by atoms with van der Waals surface area (Å²) in [5.74, 6) is 0.384. The van der Waals surface area contributed by atoms with Crippen molar-refractivity contribution in [2.75, 3.05) is 18.1 Å². The average molecular weight is 460 g/mol. The molecule has 1 saturated carbocycles. The molecule has 1 fully saturated rings. The summed E-state index contributed by atoms with van der Waals surface area (Å²) >= 11 is 1.15. The summed E-state index contributed by atoms with van der Waals surface area (Å²) in [5, 5.41) is 21.2. The molecule has 0 bridgehead atoms. The molecule has 11 heteroatoms. The molecule has 2 aromatic rings. The number of thioether (sulfide) groups is 1.